The molecule has 0 aliphatic carbocycles. The van der Waals surface area contributed by atoms with E-state index in [0.717, 1.165) is 6.07 Å². The number of benzene rings is 1. The quantitative estimate of drug-likeness (QED) is 0.853. The molecule has 2 unspecified atom stereocenters. The van der Waals surface area contributed by atoms with Crippen LogP contribution in [-0.4, -0.2) is 24.2 Å². The van der Waals surface area contributed by atoms with E-state index >= 15 is 0 Å². The molecule has 1 N–H and O–H groups in total. The minimum absolute atomic E-state index is 0.232. The summed E-state index contributed by atoms with van der Waals surface area (Å²) in [6.07, 6.45) is -4.52. The first-order valence-electron chi connectivity index (χ1n) is 6.44. The lowest BCUT2D eigenvalue weighted by Crippen LogP contribution is -2.50. The highest BCUT2D eigenvalue weighted by Crippen LogP contribution is 2.32. The number of alkyl halides is 3. The molecule has 1 fully saturated rings. The molecule has 0 spiro atoms. The van der Waals surface area contributed by atoms with E-state index in [4.69, 9.17) is 4.74 Å². The number of rotatable bonds is 2. The Hall–Kier alpha value is -1.63. The van der Waals surface area contributed by atoms with Gasteiger partial charge in [0.05, 0.1) is 17.2 Å². The van der Waals surface area contributed by atoms with E-state index in [1.165, 1.54) is 0 Å². The van der Waals surface area contributed by atoms with E-state index in [0.29, 0.717) is 25.2 Å². The van der Waals surface area contributed by atoms with Crippen molar-refractivity contribution in [3.8, 4) is 0 Å². The van der Waals surface area contributed by atoms with E-state index in [1.807, 2.05) is 0 Å². The first-order valence-corrected chi connectivity index (χ1v) is 6.44. The lowest BCUT2D eigenvalue weighted by molar-refractivity contribution is -0.140. The number of hydrogen-bond acceptors (Lipinski definition) is 2. The minimum Gasteiger partial charge on any atom is -0.376 e. The van der Waals surface area contributed by atoms with Crippen LogP contribution in [0.15, 0.2) is 18.2 Å². The Labute approximate surface area is 119 Å². The molecule has 0 aromatic heterocycles. The molecule has 1 aliphatic heterocycles. The van der Waals surface area contributed by atoms with E-state index in [2.05, 4.69) is 5.32 Å². The van der Waals surface area contributed by atoms with Crippen molar-refractivity contribution in [3.05, 3.63) is 35.1 Å². The van der Waals surface area contributed by atoms with Crippen LogP contribution in [0.3, 0.4) is 0 Å². The van der Waals surface area contributed by atoms with Gasteiger partial charge >= 0.3 is 6.18 Å². The van der Waals surface area contributed by atoms with Crippen LogP contribution in [0.2, 0.25) is 0 Å². The van der Waals surface area contributed by atoms with Crippen LogP contribution in [0, 0.1) is 5.82 Å². The van der Waals surface area contributed by atoms with Gasteiger partial charge in [0.25, 0.3) is 5.91 Å². The second kappa shape index (κ2) is 5.29. The Morgan fingerprint density at radius 2 is 2.10 bits per heavy atom. The second-order valence-corrected chi connectivity index (χ2v) is 5.33. The number of amides is 1. The molecule has 0 radical (unpaired) electrons. The lowest BCUT2D eigenvalue weighted by Gasteiger charge is -2.29. The van der Waals surface area contributed by atoms with E-state index in [9.17, 15) is 22.4 Å². The number of halogens is 4. The van der Waals surface area contributed by atoms with Crippen molar-refractivity contribution < 1.29 is 27.1 Å². The molecular weight excluding hydrogens is 290 g/mol. The highest BCUT2D eigenvalue weighted by atomic mass is 19.4. The number of nitrogens with one attached hydrogen (secondary N) is 1. The zero-order chi connectivity index (χ0) is 15.8. The fourth-order valence-electron chi connectivity index (χ4n) is 2.21. The molecule has 1 aromatic carbocycles. The molecular formula is C14H15F4NO2. The summed E-state index contributed by atoms with van der Waals surface area (Å²) < 4.78 is 56.5. The number of hydrogen-bond donors (Lipinski definition) is 1. The predicted molar refractivity (Wildman–Crippen MR) is 67.3 cm³/mol. The Bertz CT molecular complexity index is 558. The van der Waals surface area contributed by atoms with Gasteiger partial charge in [0.15, 0.2) is 0 Å². The van der Waals surface area contributed by atoms with Crippen molar-refractivity contribution in [1.82, 2.24) is 5.32 Å². The third kappa shape index (κ3) is 3.18. The number of ether oxygens (including phenoxy) is 1. The van der Waals surface area contributed by atoms with Crippen molar-refractivity contribution in [2.24, 2.45) is 0 Å². The Morgan fingerprint density at radius 1 is 1.43 bits per heavy atom. The summed E-state index contributed by atoms with van der Waals surface area (Å²) in [4.78, 5) is 12.1. The van der Waals surface area contributed by atoms with Gasteiger partial charge in [-0.05, 0) is 38.5 Å². The molecule has 2 rings (SSSR count). The van der Waals surface area contributed by atoms with Crippen molar-refractivity contribution in [2.45, 2.75) is 38.1 Å². The number of carbonyl (C=O) groups excluding carboxylic acids is 1. The van der Waals surface area contributed by atoms with Gasteiger partial charge in [0, 0.05) is 12.2 Å². The smallest absolute Gasteiger partial charge is 0.376 e. The summed E-state index contributed by atoms with van der Waals surface area (Å²) in [6.45, 7) is 4.00. The fourth-order valence-corrected chi connectivity index (χ4v) is 2.21. The third-order valence-electron chi connectivity index (χ3n) is 3.82. The molecule has 2 atom stereocenters. The topological polar surface area (TPSA) is 38.3 Å². The minimum atomic E-state index is -4.84. The van der Waals surface area contributed by atoms with Crippen molar-refractivity contribution >= 4 is 5.91 Å². The highest BCUT2D eigenvalue weighted by Gasteiger charge is 2.39. The van der Waals surface area contributed by atoms with Gasteiger partial charge in [-0.15, -0.1) is 0 Å². The first-order chi connectivity index (χ1) is 9.63. The van der Waals surface area contributed by atoms with Gasteiger partial charge in [-0.3, -0.25) is 4.79 Å². The van der Waals surface area contributed by atoms with Crippen LogP contribution in [0.25, 0.3) is 0 Å². The monoisotopic (exact) mass is 305 g/mol. The molecule has 0 bridgehead atoms. The van der Waals surface area contributed by atoms with Crippen molar-refractivity contribution in [1.29, 1.82) is 0 Å². The fraction of sp³-hybridized carbons (Fsp3) is 0.500. The summed E-state index contributed by atoms with van der Waals surface area (Å²) in [5.41, 5.74) is -2.33. The molecule has 7 heteroatoms. The molecule has 1 saturated heterocycles. The molecule has 1 amide bonds. The lowest BCUT2D eigenvalue weighted by atomic mass is 9.94. The van der Waals surface area contributed by atoms with Crippen molar-refractivity contribution in [2.75, 3.05) is 6.61 Å². The largest absolute Gasteiger partial charge is 0.419 e. The number of carbonyl (C=O) groups is 1. The van der Waals surface area contributed by atoms with Crippen LogP contribution < -0.4 is 5.32 Å². The van der Waals surface area contributed by atoms with Crippen LogP contribution in [0.1, 0.15) is 36.2 Å². The van der Waals surface area contributed by atoms with Gasteiger partial charge in [-0.25, -0.2) is 4.39 Å². The Kier molecular flexibility index (Phi) is 3.97. The third-order valence-corrected chi connectivity index (χ3v) is 3.82. The first kappa shape index (κ1) is 15.8. The standard InChI is InChI=1S/C14H15F4NO2/c1-8-13(2,5-6-21-8)19-12(20)9-3-4-11(15)10(7-9)14(16,17)18/h3-4,7-8H,5-6H2,1-2H3,(H,19,20). The SMILES string of the molecule is CC1OCCC1(C)NC(=O)c1ccc(F)c(C(F)(F)F)c1. The van der Waals surface area contributed by atoms with Crippen LogP contribution in [0.4, 0.5) is 17.6 Å². The average molecular weight is 305 g/mol. The van der Waals surface area contributed by atoms with E-state index in [-0.39, 0.29) is 11.7 Å². The molecule has 21 heavy (non-hydrogen) atoms. The summed E-state index contributed by atoms with van der Waals surface area (Å²) in [5, 5.41) is 2.67. The van der Waals surface area contributed by atoms with Crippen LogP contribution in [0.5, 0.6) is 0 Å². The van der Waals surface area contributed by atoms with Crippen LogP contribution >= 0.6 is 0 Å². The molecule has 1 aliphatic rings. The zero-order valence-electron chi connectivity index (χ0n) is 11.6. The summed E-state index contributed by atoms with van der Waals surface area (Å²) >= 11 is 0. The maximum Gasteiger partial charge on any atom is 0.419 e. The molecule has 1 heterocycles. The van der Waals surface area contributed by atoms with Gasteiger partial charge in [-0.1, -0.05) is 0 Å². The van der Waals surface area contributed by atoms with Crippen LogP contribution in [-0.2, 0) is 10.9 Å². The van der Waals surface area contributed by atoms with Gasteiger partial charge < -0.3 is 10.1 Å². The molecule has 3 nitrogen and oxygen atoms in total. The average Bonchev–Trinajstić information content (AvgIpc) is 2.68. The van der Waals surface area contributed by atoms with Crippen molar-refractivity contribution in [3.63, 3.8) is 0 Å². The highest BCUT2D eigenvalue weighted by molar-refractivity contribution is 5.95. The molecule has 116 valence electrons. The summed E-state index contributed by atoms with van der Waals surface area (Å²) in [7, 11) is 0. The van der Waals surface area contributed by atoms with Gasteiger partial charge in [0.1, 0.15) is 5.82 Å². The Balaban J connectivity index is 2.24. The normalized spacial score (nSPS) is 25.9. The van der Waals surface area contributed by atoms with E-state index in [1.54, 1.807) is 13.8 Å². The zero-order valence-corrected chi connectivity index (χ0v) is 11.6. The summed E-state index contributed by atoms with van der Waals surface area (Å²) in [5.74, 6) is -2.08. The molecule has 1 aromatic rings. The predicted octanol–water partition coefficient (Wildman–Crippen LogP) is 3.14. The van der Waals surface area contributed by atoms with E-state index < -0.39 is 29.0 Å². The summed E-state index contributed by atoms with van der Waals surface area (Å²) in [6, 6.07) is 2.20. The maximum absolute atomic E-state index is 13.2. The maximum atomic E-state index is 13.2. The van der Waals surface area contributed by atoms with Gasteiger partial charge in [0.2, 0.25) is 0 Å². The van der Waals surface area contributed by atoms with Gasteiger partial charge in [-0.2, -0.15) is 13.2 Å². The second-order valence-electron chi connectivity index (χ2n) is 5.33. The Morgan fingerprint density at radius 3 is 2.62 bits per heavy atom. The molecule has 0 saturated carbocycles.